The molecule has 2 aromatic rings. The number of anilines is 1. The minimum Gasteiger partial charge on any atom is -0.493 e. The van der Waals surface area contributed by atoms with Crippen LogP contribution in [0.25, 0.3) is 10.9 Å². The van der Waals surface area contributed by atoms with Gasteiger partial charge >= 0.3 is 0 Å². The predicted molar refractivity (Wildman–Crippen MR) is 115 cm³/mol. The van der Waals surface area contributed by atoms with Gasteiger partial charge in [0.15, 0.2) is 11.5 Å². The number of hydrogen-bond donors (Lipinski definition) is 2. The molecule has 0 radical (unpaired) electrons. The van der Waals surface area contributed by atoms with Crippen LogP contribution in [0.1, 0.15) is 26.7 Å². The molecule has 0 unspecified atom stereocenters. The third-order valence-corrected chi connectivity index (χ3v) is 6.44. The van der Waals surface area contributed by atoms with Gasteiger partial charge in [0.2, 0.25) is 0 Å². The molecule has 29 heavy (non-hydrogen) atoms. The van der Waals surface area contributed by atoms with Gasteiger partial charge in [0.1, 0.15) is 0 Å². The second-order valence-corrected chi connectivity index (χ2v) is 9.55. The molecule has 9 heteroatoms. The summed E-state index contributed by atoms with van der Waals surface area (Å²) in [5.41, 5.74) is 1.81. The van der Waals surface area contributed by atoms with Crippen LogP contribution in [0.15, 0.2) is 24.4 Å². The average molecular weight is 423 g/mol. The number of rotatable bonds is 7. The van der Waals surface area contributed by atoms with Crippen LogP contribution in [0.4, 0.5) is 5.69 Å². The van der Waals surface area contributed by atoms with Gasteiger partial charge in [-0.2, -0.15) is 8.42 Å². The summed E-state index contributed by atoms with van der Waals surface area (Å²) in [5, 5.41) is 6.12. The molecule has 1 aliphatic heterocycles. The van der Waals surface area contributed by atoms with Crippen molar-refractivity contribution in [1.82, 2.24) is 9.71 Å². The van der Waals surface area contributed by atoms with E-state index in [1.54, 1.807) is 14.2 Å². The topological polar surface area (TPSA) is 107 Å². The zero-order valence-electron chi connectivity index (χ0n) is 17.4. The minimum absolute atomic E-state index is 0.171. The number of pyridine rings is 1. The molecule has 0 aliphatic carbocycles. The lowest BCUT2D eigenvalue weighted by atomic mass is 9.73. The van der Waals surface area contributed by atoms with Crippen LogP contribution in [-0.2, 0) is 10.2 Å². The molecule has 1 aliphatic rings. The van der Waals surface area contributed by atoms with E-state index in [4.69, 9.17) is 14.6 Å². The molecule has 2 heterocycles. The van der Waals surface area contributed by atoms with Crippen LogP contribution in [0.3, 0.4) is 0 Å². The summed E-state index contributed by atoms with van der Waals surface area (Å²) in [7, 11) is -0.432. The molecule has 8 nitrogen and oxygen atoms in total. The molecular weight excluding hydrogens is 392 g/mol. The minimum atomic E-state index is -3.68. The third-order valence-electron chi connectivity index (χ3n) is 5.89. The number of nitrogens with zero attached hydrogens (tertiary/aromatic N) is 2. The van der Waals surface area contributed by atoms with Crippen LogP contribution < -0.4 is 24.2 Å². The van der Waals surface area contributed by atoms with Crippen LogP contribution in [0.2, 0.25) is 0 Å². The fraction of sp³-hybridized carbons (Fsp3) is 0.550. The fourth-order valence-corrected chi connectivity index (χ4v) is 4.64. The Kier molecular flexibility index (Phi) is 6.21. The normalized spacial score (nSPS) is 16.2. The molecule has 160 valence electrons. The smallest absolute Gasteiger partial charge is 0.274 e. The molecule has 1 aromatic carbocycles. The average Bonchev–Trinajstić information content (AvgIpc) is 2.70. The maximum atomic E-state index is 11.3. The Morgan fingerprint density at radius 3 is 2.41 bits per heavy atom. The van der Waals surface area contributed by atoms with E-state index in [1.165, 1.54) is 0 Å². The van der Waals surface area contributed by atoms with E-state index in [0.29, 0.717) is 24.0 Å². The van der Waals surface area contributed by atoms with Crippen molar-refractivity contribution >= 4 is 26.8 Å². The van der Waals surface area contributed by atoms with Crippen LogP contribution in [-0.4, -0.2) is 47.3 Å². The van der Waals surface area contributed by atoms with Crippen molar-refractivity contribution in [2.75, 3.05) is 38.8 Å². The monoisotopic (exact) mass is 422 g/mol. The van der Waals surface area contributed by atoms with E-state index < -0.39 is 10.2 Å². The Morgan fingerprint density at radius 1 is 1.21 bits per heavy atom. The van der Waals surface area contributed by atoms with E-state index >= 15 is 0 Å². The molecule has 0 saturated carbocycles. The van der Waals surface area contributed by atoms with Crippen molar-refractivity contribution in [2.24, 2.45) is 16.5 Å². The van der Waals surface area contributed by atoms with Gasteiger partial charge in [-0.05, 0) is 36.3 Å². The summed E-state index contributed by atoms with van der Waals surface area (Å²) >= 11 is 0. The number of ether oxygens (including phenoxy) is 2. The summed E-state index contributed by atoms with van der Waals surface area (Å²) in [6.07, 6.45) is 3.75. The first kappa shape index (κ1) is 21.6. The van der Waals surface area contributed by atoms with E-state index in [-0.39, 0.29) is 5.41 Å². The fourth-order valence-electron chi connectivity index (χ4n) is 4.07. The molecule has 3 rings (SSSR count). The first-order chi connectivity index (χ1) is 13.6. The first-order valence-corrected chi connectivity index (χ1v) is 11.2. The second-order valence-electron chi connectivity index (χ2n) is 8.17. The van der Waals surface area contributed by atoms with E-state index in [0.717, 1.165) is 42.5 Å². The van der Waals surface area contributed by atoms with Crippen molar-refractivity contribution in [3.05, 3.63) is 24.4 Å². The summed E-state index contributed by atoms with van der Waals surface area (Å²) in [5.74, 6) is 1.74. The van der Waals surface area contributed by atoms with Gasteiger partial charge in [0.05, 0.1) is 19.7 Å². The highest BCUT2D eigenvalue weighted by Gasteiger charge is 2.33. The zero-order chi connectivity index (χ0) is 21.2. The van der Waals surface area contributed by atoms with Crippen LogP contribution in [0.5, 0.6) is 11.5 Å². The number of fused-ring (bicyclic) bond motifs is 1. The van der Waals surface area contributed by atoms with Crippen molar-refractivity contribution in [2.45, 2.75) is 26.7 Å². The molecule has 1 aromatic heterocycles. The van der Waals surface area contributed by atoms with Crippen molar-refractivity contribution in [1.29, 1.82) is 0 Å². The number of hydrogen-bond acceptors (Lipinski definition) is 6. The molecular formula is C20H30N4O4S. The quantitative estimate of drug-likeness (QED) is 0.709. The largest absolute Gasteiger partial charge is 0.493 e. The number of benzene rings is 1. The number of aromatic nitrogens is 1. The van der Waals surface area contributed by atoms with Gasteiger partial charge in [-0.15, -0.1) is 0 Å². The highest BCUT2D eigenvalue weighted by molar-refractivity contribution is 7.87. The molecule has 3 N–H and O–H groups in total. The van der Waals surface area contributed by atoms with E-state index in [1.807, 2.05) is 24.4 Å². The van der Waals surface area contributed by atoms with Gasteiger partial charge in [0.25, 0.3) is 10.2 Å². The van der Waals surface area contributed by atoms with Gasteiger partial charge in [-0.25, -0.2) is 9.86 Å². The van der Waals surface area contributed by atoms with E-state index in [9.17, 15) is 8.42 Å². The lowest BCUT2D eigenvalue weighted by Crippen LogP contribution is -2.45. The molecule has 1 saturated heterocycles. The number of methoxy groups -OCH3 is 2. The Labute approximate surface area is 172 Å². The second kappa shape index (κ2) is 8.33. The number of nitrogens with one attached hydrogen (secondary N) is 1. The Bertz CT molecular complexity index is 970. The Morgan fingerprint density at radius 2 is 1.83 bits per heavy atom. The van der Waals surface area contributed by atoms with E-state index in [2.05, 4.69) is 28.5 Å². The molecule has 0 atom stereocenters. The lowest BCUT2D eigenvalue weighted by molar-refractivity contribution is 0.179. The Balaban J connectivity index is 1.78. The predicted octanol–water partition coefficient (Wildman–Crippen LogP) is 2.29. The van der Waals surface area contributed by atoms with Gasteiger partial charge in [0, 0.05) is 43.0 Å². The summed E-state index contributed by atoms with van der Waals surface area (Å²) in [4.78, 5) is 6.84. The summed E-state index contributed by atoms with van der Waals surface area (Å²) < 4.78 is 35.8. The van der Waals surface area contributed by atoms with Crippen molar-refractivity contribution in [3.63, 3.8) is 0 Å². The zero-order valence-corrected chi connectivity index (χ0v) is 18.3. The highest BCUT2D eigenvalue weighted by atomic mass is 32.2. The molecule has 1 fully saturated rings. The van der Waals surface area contributed by atoms with Gasteiger partial charge in [-0.3, -0.25) is 4.98 Å². The third kappa shape index (κ3) is 4.91. The number of piperidine rings is 1. The molecule has 0 bridgehead atoms. The van der Waals surface area contributed by atoms with Crippen molar-refractivity contribution in [3.8, 4) is 11.5 Å². The summed E-state index contributed by atoms with van der Waals surface area (Å²) in [6.45, 7) is 6.29. The number of nitrogens with two attached hydrogens (primary N) is 1. The SMILES string of the molecule is COc1cc2nccc(N3CCC(C(C)(C)CNS(N)(=O)=O)CC3)c2cc1OC. The Hall–Kier alpha value is -2.10. The first-order valence-electron chi connectivity index (χ1n) is 9.67. The molecule has 0 amide bonds. The lowest BCUT2D eigenvalue weighted by Gasteiger charge is -2.41. The van der Waals surface area contributed by atoms with Crippen molar-refractivity contribution < 1.29 is 17.9 Å². The highest BCUT2D eigenvalue weighted by Crippen LogP contribution is 2.39. The van der Waals surface area contributed by atoms with Crippen LogP contribution in [0, 0.1) is 11.3 Å². The summed E-state index contributed by atoms with van der Waals surface area (Å²) in [6, 6.07) is 5.90. The van der Waals surface area contributed by atoms with Crippen LogP contribution >= 0.6 is 0 Å². The maximum absolute atomic E-state index is 11.3. The molecule has 0 spiro atoms. The van der Waals surface area contributed by atoms with Gasteiger partial charge in [-0.1, -0.05) is 13.8 Å². The van der Waals surface area contributed by atoms with Gasteiger partial charge < -0.3 is 14.4 Å². The maximum Gasteiger partial charge on any atom is 0.274 e. The standard InChI is InChI=1S/C20H30N4O4S/c1-20(2,13-23-29(21,25)26)14-6-9-24(10-7-14)17-5-8-22-16-12-19(28-4)18(27-3)11-15(16)17/h5,8,11-12,14,23H,6-7,9-10,13H2,1-4H3,(H2,21,25,26).